The van der Waals surface area contributed by atoms with Gasteiger partial charge in [0.25, 0.3) is 5.69 Å². The van der Waals surface area contributed by atoms with Crippen LogP contribution in [0.15, 0.2) is 18.2 Å². The highest BCUT2D eigenvalue weighted by atomic mass is 19.1. The lowest BCUT2D eigenvalue weighted by atomic mass is 10.2. The largest absolute Gasteiger partial charge is 0.381 e. The summed E-state index contributed by atoms with van der Waals surface area (Å²) in [4.78, 5) is 9.90. The van der Waals surface area contributed by atoms with E-state index in [1.54, 1.807) is 0 Å². The van der Waals surface area contributed by atoms with Crippen LogP contribution in [0.25, 0.3) is 5.69 Å². The summed E-state index contributed by atoms with van der Waals surface area (Å²) >= 11 is 0. The molecule has 0 aliphatic heterocycles. The number of nitrogen functional groups attached to an aromatic ring is 1. The summed E-state index contributed by atoms with van der Waals surface area (Å²) in [5, 5.41) is 18.0. The fourth-order valence-electron chi connectivity index (χ4n) is 1.76. The topological polar surface area (TPSA) is 99.9 Å². The molecule has 2 rings (SSSR count). The van der Waals surface area contributed by atoms with Gasteiger partial charge in [0.1, 0.15) is 5.69 Å². The van der Waals surface area contributed by atoms with Crippen LogP contribution in [0.2, 0.25) is 0 Å². The molecule has 0 aliphatic carbocycles. The van der Waals surface area contributed by atoms with E-state index >= 15 is 0 Å². The fourth-order valence-corrected chi connectivity index (χ4v) is 1.76. The number of aromatic nitrogens is 3. The van der Waals surface area contributed by atoms with E-state index in [1.165, 1.54) is 16.8 Å². The second kappa shape index (κ2) is 5.01. The van der Waals surface area contributed by atoms with Gasteiger partial charge in [-0.3, -0.25) is 10.1 Å². The molecular weight excluding hydrogens is 253 g/mol. The molecule has 2 aromatic rings. The van der Waals surface area contributed by atoms with Crippen molar-refractivity contribution in [1.29, 1.82) is 0 Å². The molecule has 2 N–H and O–H groups in total. The highest BCUT2D eigenvalue weighted by Gasteiger charge is 2.17. The Labute approximate surface area is 108 Å². The third-order valence-corrected chi connectivity index (χ3v) is 2.65. The van der Waals surface area contributed by atoms with Gasteiger partial charge in [0.05, 0.1) is 16.7 Å². The molecule has 0 atom stereocenters. The number of nitro benzene ring substituents is 1. The molecule has 1 heterocycles. The molecule has 1 aromatic carbocycles. The Balaban J connectivity index is 2.50. The molecule has 0 amide bonds. The number of hydrogen-bond donors (Lipinski definition) is 1. The zero-order valence-electron chi connectivity index (χ0n) is 10.2. The number of benzene rings is 1. The van der Waals surface area contributed by atoms with Crippen LogP contribution in [0, 0.1) is 15.9 Å². The molecule has 19 heavy (non-hydrogen) atoms. The van der Waals surface area contributed by atoms with Gasteiger partial charge < -0.3 is 5.73 Å². The van der Waals surface area contributed by atoms with Crippen LogP contribution in [0.5, 0.6) is 0 Å². The van der Waals surface area contributed by atoms with E-state index < -0.39 is 10.7 Å². The number of non-ortho nitro benzene ring substituents is 1. The number of nitrogens with zero attached hydrogens (tertiary/aromatic N) is 4. The van der Waals surface area contributed by atoms with E-state index in [2.05, 4.69) is 10.3 Å². The molecule has 0 unspecified atom stereocenters. The zero-order chi connectivity index (χ0) is 14.0. The standard InChI is InChI=1S/C11H12FN5O2/c1-2-3-10-11(13)14-15-16(10)9-5-4-7(17(18)19)6-8(9)12/h4-6H,2-3,13H2,1H3. The lowest BCUT2D eigenvalue weighted by molar-refractivity contribution is -0.385. The maximum atomic E-state index is 13.9. The van der Waals surface area contributed by atoms with Gasteiger partial charge in [-0.25, -0.2) is 9.07 Å². The maximum absolute atomic E-state index is 13.9. The quantitative estimate of drug-likeness (QED) is 0.671. The lowest BCUT2D eigenvalue weighted by Gasteiger charge is -2.06. The predicted octanol–water partition coefficient (Wildman–Crippen LogP) is 1.85. The molecule has 7 nitrogen and oxygen atoms in total. The smallest absolute Gasteiger partial charge is 0.272 e. The summed E-state index contributed by atoms with van der Waals surface area (Å²) in [7, 11) is 0. The van der Waals surface area contributed by atoms with Crippen molar-refractivity contribution >= 4 is 11.5 Å². The monoisotopic (exact) mass is 265 g/mol. The summed E-state index contributed by atoms with van der Waals surface area (Å²) in [5.41, 5.74) is 6.04. The van der Waals surface area contributed by atoms with Crippen molar-refractivity contribution in [3.8, 4) is 5.69 Å². The van der Waals surface area contributed by atoms with Gasteiger partial charge in [0.15, 0.2) is 11.6 Å². The minimum Gasteiger partial charge on any atom is -0.381 e. The molecule has 1 aromatic heterocycles. The first-order valence-electron chi connectivity index (χ1n) is 5.69. The second-order valence-corrected chi connectivity index (χ2v) is 3.98. The third-order valence-electron chi connectivity index (χ3n) is 2.65. The Bertz CT molecular complexity index is 626. The lowest BCUT2D eigenvalue weighted by Crippen LogP contribution is -2.06. The highest BCUT2D eigenvalue weighted by Crippen LogP contribution is 2.22. The number of rotatable bonds is 4. The molecule has 100 valence electrons. The van der Waals surface area contributed by atoms with Gasteiger partial charge in [-0.2, -0.15) is 0 Å². The summed E-state index contributed by atoms with van der Waals surface area (Å²) in [6, 6.07) is 3.36. The number of halogens is 1. The van der Waals surface area contributed by atoms with Gasteiger partial charge in [-0.15, -0.1) is 5.10 Å². The molecule has 0 fully saturated rings. The molecule has 0 saturated heterocycles. The maximum Gasteiger partial charge on any atom is 0.272 e. The van der Waals surface area contributed by atoms with Gasteiger partial charge >= 0.3 is 0 Å². The molecule has 0 spiro atoms. The number of anilines is 1. The average molecular weight is 265 g/mol. The van der Waals surface area contributed by atoms with Crippen LogP contribution in [0.3, 0.4) is 0 Å². The Morgan fingerprint density at radius 3 is 2.84 bits per heavy atom. The first-order chi connectivity index (χ1) is 9.04. The van der Waals surface area contributed by atoms with Gasteiger partial charge in [-0.05, 0) is 12.5 Å². The zero-order valence-corrected chi connectivity index (χ0v) is 10.2. The Morgan fingerprint density at radius 1 is 1.53 bits per heavy atom. The van der Waals surface area contributed by atoms with Crippen molar-refractivity contribution in [1.82, 2.24) is 15.0 Å². The minimum atomic E-state index is -0.739. The number of nitro groups is 1. The first kappa shape index (κ1) is 12.9. The molecule has 0 saturated carbocycles. The van der Waals surface area contributed by atoms with E-state index in [9.17, 15) is 14.5 Å². The van der Waals surface area contributed by atoms with E-state index in [0.29, 0.717) is 12.1 Å². The van der Waals surface area contributed by atoms with E-state index in [-0.39, 0.29) is 17.2 Å². The molecular formula is C11H12FN5O2. The summed E-state index contributed by atoms with van der Waals surface area (Å²) in [5.74, 6) is -0.504. The molecule has 0 aliphatic rings. The van der Waals surface area contributed by atoms with Crippen LogP contribution in [0.1, 0.15) is 19.0 Å². The highest BCUT2D eigenvalue weighted by molar-refractivity contribution is 5.45. The van der Waals surface area contributed by atoms with Crippen molar-refractivity contribution in [2.24, 2.45) is 0 Å². The van der Waals surface area contributed by atoms with Gasteiger partial charge in [0, 0.05) is 6.07 Å². The Kier molecular flexibility index (Phi) is 3.41. The van der Waals surface area contributed by atoms with Crippen molar-refractivity contribution in [2.75, 3.05) is 5.73 Å². The first-order valence-corrected chi connectivity index (χ1v) is 5.69. The van der Waals surface area contributed by atoms with Crippen molar-refractivity contribution < 1.29 is 9.31 Å². The van der Waals surface area contributed by atoms with Gasteiger partial charge in [-0.1, -0.05) is 18.6 Å². The van der Waals surface area contributed by atoms with Crippen molar-refractivity contribution in [2.45, 2.75) is 19.8 Å². The van der Waals surface area contributed by atoms with E-state index in [0.717, 1.165) is 12.5 Å². The summed E-state index contributed by atoms with van der Waals surface area (Å²) in [6.45, 7) is 1.95. The Hall–Kier alpha value is -2.51. The minimum absolute atomic E-state index is 0.0956. The Morgan fingerprint density at radius 2 is 2.26 bits per heavy atom. The SMILES string of the molecule is CCCc1c(N)nnn1-c1ccc([N+](=O)[O-])cc1F. The van der Waals surface area contributed by atoms with Crippen LogP contribution in [0.4, 0.5) is 15.9 Å². The van der Waals surface area contributed by atoms with E-state index in [1.807, 2.05) is 6.92 Å². The van der Waals surface area contributed by atoms with Crippen molar-refractivity contribution in [3.05, 3.63) is 39.8 Å². The van der Waals surface area contributed by atoms with Crippen molar-refractivity contribution in [3.63, 3.8) is 0 Å². The fraction of sp³-hybridized carbons (Fsp3) is 0.273. The summed E-state index contributed by atoms with van der Waals surface area (Å²) < 4.78 is 15.2. The molecule has 8 heteroatoms. The van der Waals surface area contributed by atoms with Crippen LogP contribution < -0.4 is 5.73 Å². The van der Waals surface area contributed by atoms with Gasteiger partial charge in [0.2, 0.25) is 0 Å². The van der Waals surface area contributed by atoms with Crippen LogP contribution in [-0.2, 0) is 6.42 Å². The number of hydrogen-bond acceptors (Lipinski definition) is 5. The number of nitrogens with two attached hydrogens (primary N) is 1. The normalized spacial score (nSPS) is 10.6. The third kappa shape index (κ3) is 2.37. The van der Waals surface area contributed by atoms with Crippen LogP contribution >= 0.6 is 0 Å². The summed E-state index contributed by atoms with van der Waals surface area (Å²) in [6.07, 6.45) is 1.39. The van der Waals surface area contributed by atoms with E-state index in [4.69, 9.17) is 5.73 Å². The molecule has 0 radical (unpaired) electrons. The molecule has 0 bridgehead atoms. The average Bonchev–Trinajstić information content (AvgIpc) is 2.72. The predicted molar refractivity (Wildman–Crippen MR) is 66.4 cm³/mol. The van der Waals surface area contributed by atoms with Crippen LogP contribution in [-0.4, -0.2) is 19.9 Å². The second-order valence-electron chi connectivity index (χ2n) is 3.98.